The molecule has 160 valence electrons. The molecule has 0 spiro atoms. The van der Waals surface area contributed by atoms with Crippen molar-refractivity contribution >= 4 is 22.1 Å². The molecule has 12 heteroatoms. The predicted octanol–water partition coefficient (Wildman–Crippen LogP) is 2.06. The number of aromatic nitrogens is 2. The number of sulfonamides is 1. The summed E-state index contributed by atoms with van der Waals surface area (Å²) in [6.07, 6.45) is -1.22. The third kappa shape index (κ3) is 3.68. The molecule has 31 heavy (non-hydrogen) atoms. The van der Waals surface area contributed by atoms with Gasteiger partial charge in [0.1, 0.15) is 11.5 Å². The number of carbonyl (C=O) groups excluding carboxylic acids is 2. The molecule has 0 aliphatic carbocycles. The molecular formula is C19H15N3O8S. The first kappa shape index (κ1) is 20.3. The summed E-state index contributed by atoms with van der Waals surface area (Å²) in [6.45, 7) is 0. The molecule has 1 amide bonds. The molecule has 1 aliphatic rings. The van der Waals surface area contributed by atoms with Crippen LogP contribution in [0.4, 0.5) is 4.79 Å². The topological polar surface area (TPSA) is 147 Å². The summed E-state index contributed by atoms with van der Waals surface area (Å²) in [6, 6.07) is 11.4. The number of nitrogens with zero attached hydrogens (tertiary/aromatic N) is 2. The maximum atomic E-state index is 12.4. The Balaban J connectivity index is 1.66. The molecule has 1 unspecified atom stereocenters. The first-order valence-electron chi connectivity index (χ1n) is 8.76. The number of esters is 1. The molecule has 0 bridgehead atoms. The Morgan fingerprint density at radius 1 is 1.10 bits per heavy atom. The van der Waals surface area contributed by atoms with Crippen molar-refractivity contribution in [2.75, 3.05) is 14.2 Å². The molecular weight excluding hydrogens is 430 g/mol. The van der Waals surface area contributed by atoms with E-state index in [9.17, 15) is 18.0 Å². The van der Waals surface area contributed by atoms with Gasteiger partial charge < -0.3 is 18.6 Å². The van der Waals surface area contributed by atoms with E-state index in [1.807, 2.05) is 0 Å². The second kappa shape index (κ2) is 7.72. The Morgan fingerprint density at radius 3 is 2.58 bits per heavy atom. The van der Waals surface area contributed by atoms with Crippen LogP contribution in [0.15, 0.2) is 46.9 Å². The van der Waals surface area contributed by atoms with Gasteiger partial charge in [-0.05, 0) is 24.3 Å². The number of ether oxygens (including phenoxy) is 3. The van der Waals surface area contributed by atoms with Crippen molar-refractivity contribution in [1.29, 1.82) is 0 Å². The third-order valence-corrected chi connectivity index (χ3v) is 5.97. The fourth-order valence-electron chi connectivity index (χ4n) is 3.04. The molecule has 1 aromatic heterocycles. The lowest BCUT2D eigenvalue weighted by atomic mass is 10.1. The molecule has 1 N–H and O–H groups in total. The predicted molar refractivity (Wildman–Crippen MR) is 105 cm³/mol. The zero-order valence-corrected chi connectivity index (χ0v) is 17.0. The van der Waals surface area contributed by atoms with Crippen molar-refractivity contribution < 1.29 is 36.6 Å². The van der Waals surface area contributed by atoms with Gasteiger partial charge in [0.25, 0.3) is 15.9 Å². The van der Waals surface area contributed by atoms with E-state index in [1.165, 1.54) is 25.3 Å². The van der Waals surface area contributed by atoms with Gasteiger partial charge in [-0.2, -0.15) is 0 Å². The molecule has 1 atom stereocenters. The SMILES string of the molecule is COC(=O)NS(=O)(=O)C1C(=O)Oc2cc(-c3nnc(-c4ccccc4OC)o3)ccc21. The quantitative estimate of drug-likeness (QED) is 0.457. The molecule has 2 heterocycles. The standard InChI is InChI=1S/C19H15N3O8S/c1-27-13-6-4-3-5-12(13)17-21-20-16(30-17)10-7-8-11-14(9-10)29-18(23)15(11)31(25,26)22-19(24)28-2/h3-9,15H,1-2H3,(H,22,24). The number of amides is 1. The minimum Gasteiger partial charge on any atom is -0.496 e. The van der Waals surface area contributed by atoms with Crippen molar-refractivity contribution in [3.8, 4) is 34.4 Å². The van der Waals surface area contributed by atoms with E-state index in [4.69, 9.17) is 13.9 Å². The van der Waals surface area contributed by atoms with E-state index in [0.29, 0.717) is 16.9 Å². The van der Waals surface area contributed by atoms with Gasteiger partial charge in [0, 0.05) is 11.1 Å². The summed E-state index contributed by atoms with van der Waals surface area (Å²) < 4.78 is 46.8. The van der Waals surface area contributed by atoms with Crippen LogP contribution in [0.5, 0.6) is 11.5 Å². The van der Waals surface area contributed by atoms with Crippen LogP contribution >= 0.6 is 0 Å². The molecule has 0 saturated carbocycles. The van der Waals surface area contributed by atoms with E-state index < -0.39 is 27.3 Å². The number of nitrogens with one attached hydrogen (secondary N) is 1. The molecule has 0 radical (unpaired) electrons. The highest BCUT2D eigenvalue weighted by atomic mass is 32.2. The Hall–Kier alpha value is -3.93. The minimum absolute atomic E-state index is 0.000201. The number of fused-ring (bicyclic) bond motifs is 1. The molecule has 1 aliphatic heterocycles. The summed E-state index contributed by atoms with van der Waals surface area (Å²) in [4.78, 5) is 23.5. The summed E-state index contributed by atoms with van der Waals surface area (Å²) in [5.74, 6) is -0.165. The van der Waals surface area contributed by atoms with Crippen LogP contribution in [-0.4, -0.2) is 44.9 Å². The number of para-hydroxylation sites is 1. The number of hydrogen-bond donors (Lipinski definition) is 1. The fraction of sp³-hybridized carbons (Fsp3) is 0.158. The highest BCUT2D eigenvalue weighted by Gasteiger charge is 2.44. The lowest BCUT2D eigenvalue weighted by molar-refractivity contribution is -0.132. The van der Waals surface area contributed by atoms with Crippen molar-refractivity contribution in [3.63, 3.8) is 0 Å². The fourth-order valence-corrected chi connectivity index (χ4v) is 4.31. The lowest BCUT2D eigenvalue weighted by Gasteiger charge is -2.09. The Morgan fingerprint density at radius 2 is 1.84 bits per heavy atom. The minimum atomic E-state index is -4.42. The van der Waals surface area contributed by atoms with Gasteiger partial charge in [-0.15, -0.1) is 10.2 Å². The van der Waals surface area contributed by atoms with Crippen LogP contribution in [0.25, 0.3) is 22.9 Å². The zero-order valence-electron chi connectivity index (χ0n) is 16.2. The van der Waals surface area contributed by atoms with Crippen molar-refractivity contribution in [1.82, 2.24) is 14.9 Å². The van der Waals surface area contributed by atoms with E-state index in [0.717, 1.165) is 7.11 Å². The smallest absolute Gasteiger partial charge is 0.420 e. The molecule has 2 aromatic carbocycles. The normalized spacial score (nSPS) is 15.2. The molecule has 0 fully saturated rings. The van der Waals surface area contributed by atoms with Gasteiger partial charge in [-0.1, -0.05) is 18.2 Å². The van der Waals surface area contributed by atoms with E-state index >= 15 is 0 Å². The van der Waals surface area contributed by atoms with Gasteiger partial charge in [0.15, 0.2) is 0 Å². The maximum absolute atomic E-state index is 12.4. The largest absolute Gasteiger partial charge is 0.496 e. The number of hydrogen-bond acceptors (Lipinski definition) is 10. The van der Waals surface area contributed by atoms with Gasteiger partial charge in [-0.25, -0.2) is 22.7 Å². The first-order valence-corrected chi connectivity index (χ1v) is 10.3. The lowest BCUT2D eigenvalue weighted by Crippen LogP contribution is -2.36. The van der Waals surface area contributed by atoms with Crippen LogP contribution in [0.3, 0.4) is 0 Å². The third-order valence-electron chi connectivity index (χ3n) is 4.45. The Kier molecular flexibility index (Phi) is 5.07. The maximum Gasteiger partial charge on any atom is 0.420 e. The second-order valence-electron chi connectivity index (χ2n) is 6.31. The van der Waals surface area contributed by atoms with Gasteiger partial charge in [-0.3, -0.25) is 0 Å². The van der Waals surface area contributed by atoms with Gasteiger partial charge >= 0.3 is 12.1 Å². The van der Waals surface area contributed by atoms with E-state index in [1.54, 1.807) is 29.0 Å². The first-order chi connectivity index (χ1) is 14.8. The molecule has 0 saturated heterocycles. The zero-order chi connectivity index (χ0) is 22.2. The number of methoxy groups -OCH3 is 2. The van der Waals surface area contributed by atoms with Gasteiger partial charge in [0.05, 0.1) is 19.8 Å². The molecule has 4 rings (SSSR count). The van der Waals surface area contributed by atoms with Crippen molar-refractivity contribution in [2.45, 2.75) is 5.25 Å². The van der Waals surface area contributed by atoms with Crippen LogP contribution < -0.4 is 14.2 Å². The molecule has 3 aromatic rings. The van der Waals surface area contributed by atoms with Gasteiger partial charge in [0.2, 0.25) is 11.1 Å². The summed E-state index contributed by atoms with van der Waals surface area (Å²) in [7, 11) is -1.90. The summed E-state index contributed by atoms with van der Waals surface area (Å²) >= 11 is 0. The summed E-state index contributed by atoms with van der Waals surface area (Å²) in [5.41, 5.74) is 1.06. The number of rotatable bonds is 5. The highest BCUT2D eigenvalue weighted by Crippen LogP contribution is 2.40. The molecule has 11 nitrogen and oxygen atoms in total. The average molecular weight is 445 g/mol. The van der Waals surface area contributed by atoms with Crippen LogP contribution in [0.1, 0.15) is 10.8 Å². The average Bonchev–Trinajstić information content (AvgIpc) is 3.36. The summed E-state index contributed by atoms with van der Waals surface area (Å²) in [5, 5.41) is 6.29. The van der Waals surface area contributed by atoms with E-state index in [-0.39, 0.29) is 23.1 Å². The van der Waals surface area contributed by atoms with Crippen LogP contribution in [0.2, 0.25) is 0 Å². The monoisotopic (exact) mass is 445 g/mol. The van der Waals surface area contributed by atoms with Crippen LogP contribution in [0, 0.1) is 0 Å². The number of benzene rings is 2. The highest BCUT2D eigenvalue weighted by molar-refractivity contribution is 7.91. The van der Waals surface area contributed by atoms with Crippen molar-refractivity contribution in [2.24, 2.45) is 0 Å². The Labute approximate surface area is 176 Å². The van der Waals surface area contributed by atoms with E-state index in [2.05, 4.69) is 14.9 Å². The van der Waals surface area contributed by atoms with Crippen molar-refractivity contribution in [3.05, 3.63) is 48.0 Å². The second-order valence-corrected chi connectivity index (χ2v) is 8.07. The van der Waals surface area contributed by atoms with Crippen LogP contribution in [-0.2, 0) is 19.6 Å². The Bertz CT molecular complexity index is 1280. The number of carbonyl (C=O) groups is 2.